The van der Waals surface area contributed by atoms with Gasteiger partial charge < -0.3 is 5.32 Å². The molecule has 0 saturated heterocycles. The molecule has 0 saturated carbocycles. The summed E-state index contributed by atoms with van der Waals surface area (Å²) in [6, 6.07) is 6.42. The molecule has 5 heteroatoms. The van der Waals surface area contributed by atoms with Gasteiger partial charge in [-0.2, -0.15) is 0 Å². The van der Waals surface area contributed by atoms with Crippen LogP contribution in [0.15, 0.2) is 24.4 Å². The lowest BCUT2D eigenvalue weighted by Gasteiger charge is -2.04. The Bertz CT molecular complexity index is 766. The molecule has 0 aliphatic rings. The molecule has 0 radical (unpaired) electrons. The minimum atomic E-state index is 0.752. The van der Waals surface area contributed by atoms with Crippen LogP contribution in [0.25, 0.3) is 17.2 Å². The molecule has 3 rings (SSSR count). The van der Waals surface area contributed by atoms with Crippen LogP contribution in [0.3, 0.4) is 0 Å². The molecule has 0 unspecified atom stereocenters. The number of nitrogens with one attached hydrogen (secondary N) is 1. The molecule has 0 spiro atoms. The van der Waals surface area contributed by atoms with E-state index in [0.29, 0.717) is 0 Å². The minimum Gasteiger partial charge on any atom is -0.314 e. The lowest BCUT2D eigenvalue weighted by atomic mass is 10.1. The number of hydrogen-bond acceptors (Lipinski definition) is 3. The van der Waals surface area contributed by atoms with Crippen LogP contribution < -0.4 is 5.32 Å². The van der Waals surface area contributed by atoms with Crippen molar-refractivity contribution in [2.45, 2.75) is 20.4 Å². The van der Waals surface area contributed by atoms with Gasteiger partial charge in [0.25, 0.3) is 0 Å². The summed E-state index contributed by atoms with van der Waals surface area (Å²) in [7, 11) is 3.92. The van der Waals surface area contributed by atoms with Gasteiger partial charge in [-0.05, 0) is 38.1 Å². The summed E-state index contributed by atoms with van der Waals surface area (Å²) in [6.45, 7) is 4.99. The maximum atomic E-state index is 4.65. The van der Waals surface area contributed by atoms with Crippen molar-refractivity contribution in [3.63, 3.8) is 0 Å². The van der Waals surface area contributed by atoms with Crippen molar-refractivity contribution in [2.75, 3.05) is 7.05 Å². The van der Waals surface area contributed by atoms with Gasteiger partial charge in [-0.3, -0.25) is 4.57 Å². The molecular weight excluding hydrogens is 250 g/mol. The third-order valence-electron chi connectivity index (χ3n) is 3.66. The van der Waals surface area contributed by atoms with Gasteiger partial charge in [0.05, 0.1) is 11.9 Å². The average molecular weight is 269 g/mol. The maximum Gasteiger partial charge on any atom is 0.232 e. The number of benzene rings is 1. The molecule has 0 amide bonds. The summed E-state index contributed by atoms with van der Waals surface area (Å²) < 4.78 is 3.88. The van der Waals surface area contributed by atoms with Crippen molar-refractivity contribution < 1.29 is 0 Å². The number of imidazole rings is 1. The van der Waals surface area contributed by atoms with Crippen molar-refractivity contribution in [1.29, 1.82) is 0 Å². The van der Waals surface area contributed by atoms with Gasteiger partial charge in [0.15, 0.2) is 5.82 Å². The van der Waals surface area contributed by atoms with Crippen LogP contribution in [0.1, 0.15) is 16.8 Å². The fourth-order valence-corrected chi connectivity index (χ4v) is 2.37. The first-order valence-electron chi connectivity index (χ1n) is 6.73. The Morgan fingerprint density at radius 2 is 2.00 bits per heavy atom. The van der Waals surface area contributed by atoms with E-state index in [0.717, 1.165) is 29.4 Å². The zero-order valence-electron chi connectivity index (χ0n) is 12.3. The van der Waals surface area contributed by atoms with E-state index >= 15 is 0 Å². The third-order valence-corrected chi connectivity index (χ3v) is 3.66. The van der Waals surface area contributed by atoms with Gasteiger partial charge in [0, 0.05) is 19.2 Å². The van der Waals surface area contributed by atoms with E-state index in [9.17, 15) is 0 Å². The topological polar surface area (TPSA) is 47.1 Å². The van der Waals surface area contributed by atoms with E-state index in [-0.39, 0.29) is 0 Å². The van der Waals surface area contributed by atoms with Gasteiger partial charge in [0.2, 0.25) is 5.78 Å². The van der Waals surface area contributed by atoms with Crippen molar-refractivity contribution in [1.82, 2.24) is 24.5 Å². The Balaban J connectivity index is 2.09. The number of hydrogen-bond donors (Lipinski definition) is 1. The molecule has 5 nitrogen and oxygen atoms in total. The fourth-order valence-electron chi connectivity index (χ4n) is 2.37. The maximum absolute atomic E-state index is 4.65. The number of nitrogens with zero attached hydrogens (tertiary/aromatic N) is 4. The summed E-state index contributed by atoms with van der Waals surface area (Å²) >= 11 is 0. The van der Waals surface area contributed by atoms with Crippen LogP contribution in [-0.2, 0) is 13.6 Å². The molecule has 0 aliphatic heterocycles. The van der Waals surface area contributed by atoms with Gasteiger partial charge in [-0.25, -0.2) is 9.50 Å². The quantitative estimate of drug-likeness (QED) is 0.792. The molecule has 0 atom stereocenters. The van der Waals surface area contributed by atoms with Crippen molar-refractivity contribution in [3.05, 3.63) is 41.2 Å². The largest absolute Gasteiger partial charge is 0.314 e. The predicted octanol–water partition coefficient (Wildman–Crippen LogP) is 2.07. The van der Waals surface area contributed by atoms with Crippen LogP contribution in [0.2, 0.25) is 0 Å². The molecule has 1 N–H and O–H groups in total. The third kappa shape index (κ3) is 2.00. The molecule has 0 bridgehead atoms. The normalized spacial score (nSPS) is 11.4. The highest BCUT2D eigenvalue weighted by molar-refractivity contribution is 5.60. The van der Waals surface area contributed by atoms with E-state index in [1.807, 2.05) is 29.4 Å². The number of fused-ring (bicyclic) bond motifs is 1. The molecule has 0 fully saturated rings. The summed E-state index contributed by atoms with van der Waals surface area (Å²) in [4.78, 5) is 4.59. The zero-order valence-corrected chi connectivity index (χ0v) is 12.3. The molecule has 2 aromatic heterocycles. The summed E-state index contributed by atoms with van der Waals surface area (Å²) in [5, 5.41) is 7.75. The molecule has 104 valence electrons. The van der Waals surface area contributed by atoms with Gasteiger partial charge in [-0.15, -0.1) is 5.10 Å². The highest BCUT2D eigenvalue weighted by atomic mass is 15.4. The SMILES string of the molecule is CNCc1cn2nc(-c3ccc(C)c(C)c3)n(C)c2n1. The number of aryl methyl sites for hydroxylation is 3. The Kier molecular flexibility index (Phi) is 3.06. The van der Waals surface area contributed by atoms with Crippen molar-refractivity contribution in [3.8, 4) is 11.4 Å². The van der Waals surface area contributed by atoms with Crippen LogP contribution in [0.5, 0.6) is 0 Å². The van der Waals surface area contributed by atoms with E-state index in [1.54, 1.807) is 0 Å². The summed E-state index contributed by atoms with van der Waals surface area (Å²) in [6.07, 6.45) is 1.97. The Labute approximate surface area is 118 Å². The van der Waals surface area contributed by atoms with E-state index < -0.39 is 0 Å². The van der Waals surface area contributed by atoms with E-state index in [1.165, 1.54) is 11.1 Å². The molecule has 2 heterocycles. The molecule has 1 aromatic carbocycles. The fraction of sp³-hybridized carbons (Fsp3) is 0.333. The van der Waals surface area contributed by atoms with E-state index in [2.05, 4.69) is 47.4 Å². The molecule has 3 aromatic rings. The average Bonchev–Trinajstić information content (AvgIpc) is 2.93. The second-order valence-corrected chi connectivity index (χ2v) is 5.19. The lowest BCUT2D eigenvalue weighted by molar-refractivity contribution is 0.792. The van der Waals surface area contributed by atoms with Crippen molar-refractivity contribution in [2.24, 2.45) is 7.05 Å². The van der Waals surface area contributed by atoms with Crippen LogP contribution in [-0.4, -0.2) is 26.2 Å². The second-order valence-electron chi connectivity index (χ2n) is 5.19. The molecular formula is C15H19N5. The van der Waals surface area contributed by atoms with Gasteiger partial charge >= 0.3 is 0 Å². The van der Waals surface area contributed by atoms with Gasteiger partial charge in [0.1, 0.15) is 0 Å². The van der Waals surface area contributed by atoms with Crippen LogP contribution in [0, 0.1) is 13.8 Å². The molecule has 20 heavy (non-hydrogen) atoms. The number of rotatable bonds is 3. The smallest absolute Gasteiger partial charge is 0.232 e. The Morgan fingerprint density at radius 3 is 2.65 bits per heavy atom. The second kappa shape index (κ2) is 4.76. The highest BCUT2D eigenvalue weighted by Crippen LogP contribution is 2.22. The Hall–Kier alpha value is -2.14. The monoisotopic (exact) mass is 269 g/mol. The predicted molar refractivity (Wildman–Crippen MR) is 79.6 cm³/mol. The first-order chi connectivity index (χ1) is 9.60. The van der Waals surface area contributed by atoms with Gasteiger partial charge in [-0.1, -0.05) is 12.1 Å². The molecule has 0 aliphatic carbocycles. The van der Waals surface area contributed by atoms with E-state index in [4.69, 9.17) is 0 Å². The van der Waals surface area contributed by atoms with Crippen molar-refractivity contribution >= 4 is 5.78 Å². The highest BCUT2D eigenvalue weighted by Gasteiger charge is 2.13. The first kappa shape index (κ1) is 12.9. The minimum absolute atomic E-state index is 0.752. The lowest BCUT2D eigenvalue weighted by Crippen LogP contribution is -2.05. The zero-order chi connectivity index (χ0) is 14.3. The first-order valence-corrected chi connectivity index (χ1v) is 6.73. The summed E-state index contributed by atoms with van der Waals surface area (Å²) in [5.74, 6) is 1.80. The summed E-state index contributed by atoms with van der Waals surface area (Å²) in [5.41, 5.74) is 4.69. The van der Waals surface area contributed by atoms with Crippen LogP contribution >= 0.6 is 0 Å². The Morgan fingerprint density at radius 1 is 1.20 bits per heavy atom. The standard InChI is InChI=1S/C15H19N5/c1-10-5-6-12(7-11(10)2)14-18-20-9-13(8-16-3)17-15(20)19(14)4/h5-7,9,16H,8H2,1-4H3. The van der Waals surface area contributed by atoms with Crippen LogP contribution in [0.4, 0.5) is 0 Å². The number of aromatic nitrogens is 4.